The Morgan fingerprint density at radius 3 is 2.36 bits per heavy atom. The monoisotopic (exact) mass is 780 g/mol. The Hall–Kier alpha value is -3.44. The molecule has 0 unspecified atom stereocenters. The predicted molar refractivity (Wildman–Crippen MR) is 180 cm³/mol. The van der Waals surface area contributed by atoms with Crippen LogP contribution in [0.15, 0.2) is 89.6 Å². The maximum Gasteiger partial charge on any atom is 0.120 e. The first-order valence-electron chi connectivity index (χ1n) is 15.3. The first-order valence-corrected chi connectivity index (χ1v) is 18.3. The van der Waals surface area contributed by atoms with Gasteiger partial charge in [0.25, 0.3) is 0 Å². The number of pyridine rings is 2. The van der Waals surface area contributed by atoms with Gasteiger partial charge in [-0.05, 0) is 46.9 Å². The molecule has 0 saturated heterocycles. The zero-order valence-corrected chi connectivity index (χ0v) is 29.8. The minimum Gasteiger partial charge on any atom is -0.501 e. The molecule has 3 aromatic heterocycles. The van der Waals surface area contributed by atoms with Crippen LogP contribution in [0, 0.1) is 23.9 Å². The van der Waals surface area contributed by atoms with Crippen LogP contribution < -0.4 is 5.19 Å². The van der Waals surface area contributed by atoms with Gasteiger partial charge in [0.05, 0.1) is 13.7 Å². The van der Waals surface area contributed by atoms with E-state index in [0.29, 0.717) is 5.92 Å². The molecule has 0 aliphatic heterocycles. The summed E-state index contributed by atoms with van der Waals surface area (Å²) in [7, 11) is -1.41. The van der Waals surface area contributed by atoms with Gasteiger partial charge in [-0.3, -0.25) is 4.39 Å². The van der Waals surface area contributed by atoms with Gasteiger partial charge in [0.2, 0.25) is 0 Å². The zero-order chi connectivity index (χ0) is 31.6. The number of furan rings is 1. The van der Waals surface area contributed by atoms with Gasteiger partial charge in [0, 0.05) is 45.1 Å². The Morgan fingerprint density at radius 2 is 1.68 bits per heavy atom. The van der Waals surface area contributed by atoms with Crippen LogP contribution in [0.3, 0.4) is 0 Å². The summed E-state index contributed by atoms with van der Waals surface area (Å²) in [4.78, 5) is 9.06. The number of hydrogen-bond donors (Lipinski definition) is 0. The number of fused-ring (bicyclic) bond motifs is 3. The number of halogens is 1. The summed E-state index contributed by atoms with van der Waals surface area (Å²) in [6.45, 7) is 15.2. The molecule has 0 aliphatic rings. The molecular weight excluding hydrogens is 740 g/mol. The summed E-state index contributed by atoms with van der Waals surface area (Å²) < 4.78 is 27.3. The quantitative estimate of drug-likeness (QED) is 0.125. The van der Waals surface area contributed by atoms with E-state index in [0.717, 1.165) is 56.4 Å². The Bertz CT molecular complexity index is 1910. The maximum atomic E-state index is 13.0. The van der Waals surface area contributed by atoms with Crippen LogP contribution in [0.25, 0.3) is 44.5 Å². The summed E-state index contributed by atoms with van der Waals surface area (Å²) >= 11 is 0. The molecule has 229 valence electrons. The summed E-state index contributed by atoms with van der Waals surface area (Å²) in [5, 5.41) is 3.57. The fourth-order valence-corrected chi connectivity index (χ4v) is 6.84. The molecule has 44 heavy (non-hydrogen) atoms. The smallest absolute Gasteiger partial charge is 0.120 e. The van der Waals surface area contributed by atoms with Crippen LogP contribution in [-0.2, 0) is 26.5 Å². The first kappa shape index (κ1) is 32.0. The Labute approximate surface area is 276 Å². The van der Waals surface area contributed by atoms with Gasteiger partial charge in [-0.15, -0.1) is 48.0 Å². The van der Waals surface area contributed by atoms with Crippen molar-refractivity contribution in [3.8, 4) is 22.5 Å². The Balaban J connectivity index is 0.000000201. The molecule has 0 saturated carbocycles. The van der Waals surface area contributed by atoms with Crippen molar-refractivity contribution < 1.29 is 30.3 Å². The first-order chi connectivity index (χ1) is 20.8. The second-order valence-electron chi connectivity index (χ2n) is 12.6. The van der Waals surface area contributed by atoms with Crippen molar-refractivity contribution in [2.75, 3.05) is 0 Å². The summed E-state index contributed by atoms with van der Waals surface area (Å²) in [5.74, 6) is -0.327. The number of hydrogen-bond acceptors (Lipinski definition) is 3. The van der Waals surface area contributed by atoms with E-state index in [9.17, 15) is 4.39 Å². The third-order valence-electron chi connectivity index (χ3n) is 7.41. The van der Waals surface area contributed by atoms with Crippen molar-refractivity contribution in [3.05, 3.63) is 114 Å². The number of benzene rings is 3. The number of rotatable bonds is 6. The van der Waals surface area contributed by atoms with Crippen LogP contribution >= 0.6 is 0 Å². The van der Waals surface area contributed by atoms with Crippen LogP contribution in [0.2, 0.25) is 19.6 Å². The van der Waals surface area contributed by atoms with Crippen molar-refractivity contribution in [2.24, 2.45) is 5.92 Å². The van der Waals surface area contributed by atoms with Crippen LogP contribution in [-0.4, -0.2) is 18.0 Å². The fraction of sp³-hybridized carbons (Fsp3) is 0.263. The number of aromatic nitrogens is 2. The van der Waals surface area contributed by atoms with E-state index in [1.165, 1.54) is 22.9 Å². The molecule has 0 aliphatic carbocycles. The van der Waals surface area contributed by atoms with Gasteiger partial charge >= 0.3 is 0 Å². The number of para-hydroxylation sites is 1. The Morgan fingerprint density at radius 1 is 0.909 bits per heavy atom. The van der Waals surface area contributed by atoms with Crippen molar-refractivity contribution in [1.29, 1.82) is 0 Å². The summed E-state index contributed by atoms with van der Waals surface area (Å²) in [5.41, 5.74) is 7.31. The molecule has 3 nitrogen and oxygen atoms in total. The van der Waals surface area contributed by atoms with Crippen molar-refractivity contribution >= 4 is 35.2 Å². The molecule has 3 heterocycles. The number of nitrogens with zero attached hydrogens (tertiary/aromatic N) is 2. The molecule has 0 fully saturated rings. The zero-order valence-electron chi connectivity index (χ0n) is 27.4. The molecule has 6 heteroatoms. The fourth-order valence-electron chi connectivity index (χ4n) is 5.25. The minimum atomic E-state index is -1.41. The van der Waals surface area contributed by atoms with Gasteiger partial charge in [-0.1, -0.05) is 99.7 Å². The third kappa shape index (κ3) is 7.61. The van der Waals surface area contributed by atoms with Gasteiger partial charge in [0.15, 0.2) is 0 Å². The van der Waals surface area contributed by atoms with E-state index < -0.39 is 14.0 Å². The molecule has 1 radical (unpaired) electrons. The second kappa shape index (κ2) is 14.1. The minimum absolute atomic E-state index is 0. The van der Waals surface area contributed by atoms with Gasteiger partial charge < -0.3 is 14.4 Å². The van der Waals surface area contributed by atoms with Gasteiger partial charge in [0.1, 0.15) is 5.58 Å². The van der Waals surface area contributed by atoms with Crippen LogP contribution in [0.1, 0.15) is 46.1 Å². The van der Waals surface area contributed by atoms with E-state index in [4.69, 9.17) is 5.79 Å². The topological polar surface area (TPSA) is 38.9 Å². The molecule has 0 bridgehead atoms. The molecule has 0 amide bonds. The molecular formula is C38H39FIrN2OSi-2. The van der Waals surface area contributed by atoms with Crippen molar-refractivity contribution in [1.82, 2.24) is 9.97 Å². The molecule has 0 atom stereocenters. The molecule has 0 spiro atoms. The average molecular weight is 780 g/mol. The van der Waals surface area contributed by atoms with Crippen molar-refractivity contribution in [3.63, 3.8) is 0 Å². The van der Waals surface area contributed by atoms with E-state index >= 15 is 0 Å². The van der Waals surface area contributed by atoms with E-state index in [1.807, 2.05) is 62.5 Å². The van der Waals surface area contributed by atoms with Crippen LogP contribution in [0.4, 0.5) is 4.39 Å². The third-order valence-corrected chi connectivity index (χ3v) is 9.47. The molecule has 0 N–H and O–H groups in total. The normalized spacial score (nSPS) is 12.1. The predicted octanol–water partition coefficient (Wildman–Crippen LogP) is 10.0. The van der Waals surface area contributed by atoms with Gasteiger partial charge in [-0.25, -0.2) is 0 Å². The maximum absolute atomic E-state index is 13.0. The van der Waals surface area contributed by atoms with Gasteiger partial charge in [-0.2, -0.15) is 0 Å². The molecule has 3 aromatic carbocycles. The van der Waals surface area contributed by atoms with E-state index in [-0.39, 0.29) is 25.9 Å². The van der Waals surface area contributed by atoms with E-state index in [1.54, 1.807) is 12.3 Å². The SMILES string of the molecule is CC(C)Cc1cc(-c2[c-]cc(F)cc2)ncc1[Si](C)(C)C.[2H]C(C)(C)c1ccnc(-c2[c-]ccc3c2oc2ccccc23)c1.[Ir]. The van der Waals surface area contributed by atoms with Crippen LogP contribution in [0.5, 0.6) is 0 Å². The average Bonchev–Trinajstić information content (AvgIpc) is 3.36. The summed E-state index contributed by atoms with van der Waals surface area (Å²) in [6.07, 6.45) is 4.82. The standard InChI is InChI=1S/C20H16NO.C18H23FNSi.Ir/c1-13(2)14-10-11-21-18(12-14)17-8-5-7-16-15-6-3-4-9-19(15)22-20(16)17;1-13(2)10-15-11-17(14-6-8-16(19)9-7-14)20-12-18(15)21(3,4)5;/h3-7,9-13H,1-2H3;6,8-9,11-13H,10H2,1-5H3;/q2*-1;/i13D;;. The molecule has 6 aromatic rings. The summed E-state index contributed by atoms with van der Waals surface area (Å²) in [6, 6.07) is 28.7. The van der Waals surface area contributed by atoms with Crippen molar-refractivity contribution in [2.45, 2.75) is 59.7 Å². The largest absolute Gasteiger partial charge is 0.501 e. The Kier molecular flexibility index (Phi) is 10.3. The molecule has 6 rings (SSSR count). The second-order valence-corrected chi connectivity index (χ2v) is 17.7. The van der Waals surface area contributed by atoms with E-state index in [2.05, 4.69) is 67.7 Å².